The Morgan fingerprint density at radius 1 is 0.970 bits per heavy atom. The van der Waals surface area contributed by atoms with Crippen molar-refractivity contribution in [3.63, 3.8) is 0 Å². The zero-order valence-electron chi connectivity index (χ0n) is 18.5. The first kappa shape index (κ1) is 31.0. The molecule has 6 nitrogen and oxygen atoms in total. The van der Waals surface area contributed by atoms with Crippen LogP contribution in [0.1, 0.15) is 51.4 Å². The molecule has 3 atom stereocenters. The molecule has 33 heavy (non-hydrogen) atoms. The van der Waals surface area contributed by atoms with Gasteiger partial charge in [0.2, 0.25) is 0 Å². The summed E-state index contributed by atoms with van der Waals surface area (Å²) in [6.07, 6.45) is 11.1. The van der Waals surface area contributed by atoms with Crippen LogP contribution >= 0.6 is 11.8 Å². The summed E-state index contributed by atoms with van der Waals surface area (Å²) in [7, 11) is 0. The molecule has 0 bridgehead atoms. The Hall–Kier alpha value is -2.04. The zero-order chi connectivity index (χ0) is 25.1. The van der Waals surface area contributed by atoms with E-state index in [-0.39, 0.29) is 25.0 Å². The Bertz CT molecular complexity index is 677. The number of nitrogens with two attached hydrogens (primary N) is 1. The largest absolute Gasteiger partial charge is 0.481 e. The van der Waals surface area contributed by atoms with Crippen LogP contribution in [0.2, 0.25) is 0 Å². The van der Waals surface area contributed by atoms with E-state index in [2.05, 4.69) is 0 Å². The van der Waals surface area contributed by atoms with Crippen LogP contribution in [0.3, 0.4) is 0 Å². The summed E-state index contributed by atoms with van der Waals surface area (Å²) in [4.78, 5) is 21.5. The van der Waals surface area contributed by atoms with Gasteiger partial charge in [0.1, 0.15) is 6.04 Å². The fraction of sp³-hybridized carbons (Fsp3) is 0.565. The highest BCUT2D eigenvalue weighted by Gasteiger charge is 2.25. The first-order valence-electron chi connectivity index (χ1n) is 10.7. The average molecular weight is 494 g/mol. The Balaban J connectivity index is 4.43. The van der Waals surface area contributed by atoms with E-state index < -0.39 is 41.9 Å². The third kappa shape index (κ3) is 20.3. The molecular weight excluding hydrogens is 459 g/mol. The molecule has 0 aromatic heterocycles. The van der Waals surface area contributed by atoms with Gasteiger partial charge in [-0.2, -0.15) is 13.2 Å². The quantitative estimate of drug-likeness (QED) is 0.122. The number of carboxylic acids is 2. The second-order valence-electron chi connectivity index (χ2n) is 7.36. The van der Waals surface area contributed by atoms with Gasteiger partial charge in [0.25, 0.3) is 0 Å². The van der Waals surface area contributed by atoms with E-state index >= 15 is 0 Å². The second-order valence-corrected chi connectivity index (χ2v) is 8.57. The molecule has 0 spiro atoms. The maximum absolute atomic E-state index is 12.0. The summed E-state index contributed by atoms with van der Waals surface area (Å²) in [5.41, 5.74) is 5.51. The van der Waals surface area contributed by atoms with Crippen LogP contribution in [0.5, 0.6) is 0 Å². The fourth-order valence-electron chi connectivity index (χ4n) is 2.55. The van der Waals surface area contributed by atoms with E-state index in [1.54, 1.807) is 24.3 Å². The maximum atomic E-state index is 12.0. The third-order valence-corrected chi connectivity index (χ3v) is 5.75. The Labute approximate surface area is 197 Å². The molecule has 0 rings (SSSR count). The van der Waals surface area contributed by atoms with Crippen molar-refractivity contribution in [3.8, 4) is 0 Å². The number of hydrogen-bond donors (Lipinski definition) is 4. The standard InChI is InChI=1S/C23H34F3NO5S/c24-23(25,26)16-11-9-7-5-3-1-2-4-6-8-10-14-20(33-17-18(27)22(31)32)19(28)13-12-15-21(29)30/h2-6,8,10,14,18-20,28H,1,7,9,11-13,15-17,27H2,(H,29,30)(H,31,32)/b4-2+,5-3-,8-6+,14-10+/t18-,19-,20+/m0/s1. The molecule has 0 saturated heterocycles. The fourth-order valence-corrected chi connectivity index (χ4v) is 3.68. The van der Waals surface area contributed by atoms with E-state index in [0.717, 1.165) is 0 Å². The Morgan fingerprint density at radius 3 is 2.30 bits per heavy atom. The monoisotopic (exact) mass is 493 g/mol. The van der Waals surface area contributed by atoms with Gasteiger partial charge in [0, 0.05) is 23.8 Å². The highest BCUT2D eigenvalue weighted by atomic mass is 32.2. The number of aliphatic hydroxyl groups excluding tert-OH is 1. The highest BCUT2D eigenvalue weighted by molar-refractivity contribution is 8.00. The van der Waals surface area contributed by atoms with E-state index in [0.29, 0.717) is 25.7 Å². The number of aliphatic hydroxyl groups is 1. The summed E-state index contributed by atoms with van der Waals surface area (Å²) >= 11 is 1.20. The summed E-state index contributed by atoms with van der Waals surface area (Å²) in [6, 6.07) is -1.06. The molecule has 0 amide bonds. The zero-order valence-corrected chi connectivity index (χ0v) is 19.3. The van der Waals surface area contributed by atoms with Gasteiger partial charge in [-0.05, 0) is 38.5 Å². The maximum Gasteiger partial charge on any atom is 0.389 e. The summed E-state index contributed by atoms with van der Waals surface area (Å²) in [6.45, 7) is 0. The lowest BCUT2D eigenvalue weighted by Crippen LogP contribution is -2.34. The van der Waals surface area contributed by atoms with Crippen molar-refractivity contribution in [3.05, 3.63) is 48.6 Å². The lowest BCUT2D eigenvalue weighted by Gasteiger charge is -2.20. The van der Waals surface area contributed by atoms with Crippen molar-refractivity contribution in [2.45, 2.75) is 74.9 Å². The number of carbonyl (C=O) groups is 2. The normalized spacial score (nSPS) is 15.7. The molecular formula is C23H34F3NO5S. The molecule has 0 aromatic rings. The van der Waals surface area contributed by atoms with Crippen molar-refractivity contribution in [2.24, 2.45) is 5.73 Å². The number of unbranched alkanes of at least 4 members (excludes halogenated alkanes) is 2. The number of rotatable bonds is 18. The van der Waals surface area contributed by atoms with Crippen LogP contribution < -0.4 is 5.73 Å². The first-order chi connectivity index (χ1) is 15.5. The van der Waals surface area contributed by atoms with Crippen LogP contribution in [0, 0.1) is 0 Å². The van der Waals surface area contributed by atoms with Crippen molar-refractivity contribution >= 4 is 23.7 Å². The van der Waals surface area contributed by atoms with E-state index in [9.17, 15) is 27.9 Å². The van der Waals surface area contributed by atoms with Gasteiger partial charge in [-0.15, -0.1) is 11.8 Å². The van der Waals surface area contributed by atoms with Crippen molar-refractivity contribution in [2.75, 3.05) is 5.75 Å². The number of aliphatic carboxylic acids is 2. The molecule has 188 valence electrons. The first-order valence-corrected chi connectivity index (χ1v) is 11.8. The summed E-state index contributed by atoms with van der Waals surface area (Å²) in [5, 5.41) is 27.5. The Kier molecular flexibility index (Phi) is 17.3. The van der Waals surface area contributed by atoms with Gasteiger partial charge in [-0.25, -0.2) is 0 Å². The van der Waals surface area contributed by atoms with E-state index in [1.807, 2.05) is 24.3 Å². The molecule has 0 fully saturated rings. The molecule has 0 radical (unpaired) electrons. The minimum absolute atomic E-state index is 0.0560. The molecule has 0 heterocycles. The molecule has 0 aromatic carbocycles. The number of carboxylic acid groups (broad SMARTS) is 2. The van der Waals surface area contributed by atoms with Crippen LogP contribution in [-0.2, 0) is 9.59 Å². The topological polar surface area (TPSA) is 121 Å². The van der Waals surface area contributed by atoms with Gasteiger partial charge in [-0.3, -0.25) is 9.59 Å². The SMILES string of the molecule is N[C@@H](CS[C@H](/C=C/C=C/C=C/C/C=C\CCCCC(F)(F)F)[C@@H](O)CCCC(=O)O)C(=O)O. The van der Waals surface area contributed by atoms with Crippen LogP contribution in [0.15, 0.2) is 48.6 Å². The van der Waals surface area contributed by atoms with Gasteiger partial charge < -0.3 is 21.1 Å². The van der Waals surface area contributed by atoms with Crippen molar-refractivity contribution < 1.29 is 38.1 Å². The number of alkyl halides is 3. The second kappa shape index (κ2) is 18.4. The lowest BCUT2D eigenvalue weighted by atomic mass is 10.1. The number of allylic oxidation sites excluding steroid dienone is 7. The number of halogens is 3. The minimum Gasteiger partial charge on any atom is -0.481 e. The highest BCUT2D eigenvalue weighted by Crippen LogP contribution is 2.23. The molecule has 0 aliphatic rings. The Morgan fingerprint density at radius 2 is 1.67 bits per heavy atom. The summed E-state index contributed by atoms with van der Waals surface area (Å²) < 4.78 is 36.1. The molecule has 0 unspecified atom stereocenters. The van der Waals surface area contributed by atoms with Gasteiger partial charge in [0.05, 0.1) is 6.10 Å². The smallest absolute Gasteiger partial charge is 0.389 e. The van der Waals surface area contributed by atoms with E-state index in [1.165, 1.54) is 11.8 Å². The van der Waals surface area contributed by atoms with Crippen molar-refractivity contribution in [1.29, 1.82) is 0 Å². The van der Waals surface area contributed by atoms with Gasteiger partial charge >= 0.3 is 18.1 Å². The summed E-state index contributed by atoms with van der Waals surface area (Å²) in [5.74, 6) is -1.97. The predicted octanol–water partition coefficient (Wildman–Crippen LogP) is 4.85. The van der Waals surface area contributed by atoms with Gasteiger partial charge in [0.15, 0.2) is 0 Å². The molecule has 0 aliphatic heterocycles. The van der Waals surface area contributed by atoms with Gasteiger partial charge in [-0.1, -0.05) is 48.6 Å². The van der Waals surface area contributed by atoms with Crippen LogP contribution in [0.4, 0.5) is 13.2 Å². The average Bonchev–Trinajstić information content (AvgIpc) is 2.71. The molecule has 10 heteroatoms. The van der Waals surface area contributed by atoms with Crippen LogP contribution in [-0.4, -0.2) is 56.6 Å². The predicted molar refractivity (Wildman–Crippen MR) is 125 cm³/mol. The van der Waals surface area contributed by atoms with Crippen molar-refractivity contribution in [1.82, 2.24) is 0 Å². The number of hydrogen-bond acceptors (Lipinski definition) is 5. The third-order valence-electron chi connectivity index (χ3n) is 4.35. The lowest BCUT2D eigenvalue weighted by molar-refractivity contribution is -0.138. The molecule has 0 aliphatic carbocycles. The van der Waals surface area contributed by atoms with E-state index in [4.69, 9.17) is 15.9 Å². The minimum atomic E-state index is -4.09. The molecule has 5 N–H and O–H groups in total. The number of thioether (sulfide) groups is 1. The van der Waals surface area contributed by atoms with Crippen LogP contribution in [0.25, 0.3) is 0 Å². The molecule has 0 saturated carbocycles.